The fourth-order valence-corrected chi connectivity index (χ4v) is 3.00. The standard InChI is InChI=1S/C24H19N3O4/c1-26-23(29)16-8-6-9-18(13-16)27-22(28)15-31-24(30)21-12-5-4-11-20(21)19-10-3-2-7-17(19)14-25/h2-13H,15H2,1H3,(H,26,29)(H,27,28). The largest absolute Gasteiger partial charge is 0.452 e. The van der Waals surface area contributed by atoms with Crippen molar-refractivity contribution >= 4 is 23.5 Å². The lowest BCUT2D eigenvalue weighted by Crippen LogP contribution is -2.22. The Balaban J connectivity index is 1.70. The molecular weight excluding hydrogens is 394 g/mol. The van der Waals surface area contributed by atoms with Gasteiger partial charge in [-0.2, -0.15) is 5.26 Å². The van der Waals surface area contributed by atoms with Gasteiger partial charge in [-0.1, -0.05) is 42.5 Å². The van der Waals surface area contributed by atoms with Gasteiger partial charge in [-0.15, -0.1) is 0 Å². The molecule has 0 aliphatic rings. The second-order valence-corrected chi connectivity index (χ2v) is 6.49. The summed E-state index contributed by atoms with van der Waals surface area (Å²) in [7, 11) is 1.51. The SMILES string of the molecule is CNC(=O)c1cccc(NC(=O)COC(=O)c2ccccc2-c2ccccc2C#N)c1. The van der Waals surface area contributed by atoms with Gasteiger partial charge in [0.25, 0.3) is 11.8 Å². The molecule has 0 radical (unpaired) electrons. The van der Waals surface area contributed by atoms with Gasteiger partial charge in [-0.3, -0.25) is 9.59 Å². The summed E-state index contributed by atoms with van der Waals surface area (Å²) in [5.74, 6) is -1.51. The maximum atomic E-state index is 12.6. The van der Waals surface area contributed by atoms with E-state index < -0.39 is 18.5 Å². The molecule has 0 aliphatic carbocycles. The molecule has 0 atom stereocenters. The Morgan fingerprint density at radius 1 is 0.935 bits per heavy atom. The van der Waals surface area contributed by atoms with Crippen LogP contribution in [0.25, 0.3) is 11.1 Å². The molecule has 0 bridgehead atoms. The Kier molecular flexibility index (Phi) is 6.76. The van der Waals surface area contributed by atoms with E-state index in [9.17, 15) is 19.6 Å². The maximum absolute atomic E-state index is 12.6. The normalized spacial score (nSPS) is 9.94. The first-order chi connectivity index (χ1) is 15.0. The van der Waals surface area contributed by atoms with Gasteiger partial charge in [0.05, 0.1) is 17.2 Å². The van der Waals surface area contributed by atoms with Crippen LogP contribution in [0, 0.1) is 11.3 Å². The predicted octanol–water partition coefficient (Wildman–Crippen LogP) is 3.38. The van der Waals surface area contributed by atoms with Crippen LogP contribution in [0.1, 0.15) is 26.3 Å². The number of benzene rings is 3. The van der Waals surface area contributed by atoms with Crippen molar-refractivity contribution in [2.24, 2.45) is 0 Å². The van der Waals surface area contributed by atoms with E-state index in [1.165, 1.54) is 13.1 Å². The van der Waals surface area contributed by atoms with Crippen molar-refractivity contribution in [3.05, 3.63) is 89.5 Å². The molecule has 0 aromatic heterocycles. The number of amides is 2. The molecule has 0 fully saturated rings. The van der Waals surface area contributed by atoms with Gasteiger partial charge in [0.2, 0.25) is 0 Å². The molecule has 2 N–H and O–H groups in total. The lowest BCUT2D eigenvalue weighted by molar-refractivity contribution is -0.119. The Labute approximate surface area is 179 Å². The molecule has 7 heteroatoms. The highest BCUT2D eigenvalue weighted by molar-refractivity contribution is 6.01. The van der Waals surface area contributed by atoms with Crippen LogP contribution in [0.4, 0.5) is 5.69 Å². The zero-order valence-electron chi connectivity index (χ0n) is 16.7. The van der Waals surface area contributed by atoms with Gasteiger partial charge in [0.1, 0.15) is 0 Å². The third-order valence-corrected chi connectivity index (χ3v) is 4.45. The first-order valence-electron chi connectivity index (χ1n) is 9.41. The second kappa shape index (κ2) is 9.85. The molecule has 0 aliphatic heterocycles. The molecule has 2 amide bonds. The molecule has 0 unspecified atom stereocenters. The highest BCUT2D eigenvalue weighted by atomic mass is 16.5. The van der Waals surface area contributed by atoms with Crippen molar-refractivity contribution in [2.45, 2.75) is 0 Å². The minimum absolute atomic E-state index is 0.250. The van der Waals surface area contributed by atoms with Crippen LogP contribution >= 0.6 is 0 Å². The van der Waals surface area contributed by atoms with Crippen LogP contribution in [0.5, 0.6) is 0 Å². The minimum atomic E-state index is -0.683. The van der Waals surface area contributed by atoms with Crippen molar-refractivity contribution < 1.29 is 19.1 Å². The number of ether oxygens (including phenoxy) is 1. The zero-order chi connectivity index (χ0) is 22.2. The Bertz CT molecular complexity index is 1180. The van der Waals surface area contributed by atoms with Gasteiger partial charge in [-0.25, -0.2) is 4.79 Å². The van der Waals surface area contributed by atoms with Crippen LogP contribution in [0.3, 0.4) is 0 Å². The lowest BCUT2D eigenvalue weighted by atomic mass is 9.96. The third kappa shape index (κ3) is 5.14. The number of carbonyl (C=O) groups excluding carboxylic acids is 3. The minimum Gasteiger partial charge on any atom is -0.452 e. The topological polar surface area (TPSA) is 108 Å². The summed E-state index contributed by atoms with van der Waals surface area (Å²) < 4.78 is 5.18. The number of nitrogens with zero attached hydrogens (tertiary/aromatic N) is 1. The van der Waals surface area contributed by atoms with E-state index in [1.54, 1.807) is 66.7 Å². The van der Waals surface area contributed by atoms with Crippen molar-refractivity contribution in [1.29, 1.82) is 5.26 Å². The summed E-state index contributed by atoms with van der Waals surface area (Å²) in [6.07, 6.45) is 0. The predicted molar refractivity (Wildman–Crippen MR) is 115 cm³/mol. The number of carbonyl (C=O) groups is 3. The van der Waals surface area contributed by atoms with Crippen molar-refractivity contribution in [3.8, 4) is 17.2 Å². The zero-order valence-corrected chi connectivity index (χ0v) is 16.7. The van der Waals surface area contributed by atoms with Crippen LogP contribution in [0.15, 0.2) is 72.8 Å². The number of rotatable bonds is 6. The summed E-state index contributed by atoms with van der Waals surface area (Å²) in [4.78, 5) is 36.6. The van der Waals surface area contributed by atoms with E-state index in [2.05, 4.69) is 16.7 Å². The molecule has 3 aromatic rings. The van der Waals surface area contributed by atoms with Crippen LogP contribution in [-0.2, 0) is 9.53 Å². The van der Waals surface area contributed by atoms with Crippen LogP contribution in [0.2, 0.25) is 0 Å². The first kappa shape index (κ1) is 21.3. The number of hydrogen-bond donors (Lipinski definition) is 2. The molecule has 154 valence electrons. The van der Waals surface area contributed by atoms with Gasteiger partial charge in [0, 0.05) is 23.9 Å². The molecule has 3 aromatic carbocycles. The highest BCUT2D eigenvalue weighted by Gasteiger charge is 2.17. The van der Waals surface area contributed by atoms with E-state index in [1.807, 2.05) is 0 Å². The van der Waals surface area contributed by atoms with Gasteiger partial charge >= 0.3 is 5.97 Å². The molecule has 3 rings (SSSR count). The molecule has 0 saturated carbocycles. The summed E-state index contributed by atoms with van der Waals surface area (Å²) in [5, 5.41) is 14.5. The first-order valence-corrected chi connectivity index (χ1v) is 9.41. The number of anilines is 1. The summed E-state index contributed by atoms with van der Waals surface area (Å²) >= 11 is 0. The number of hydrogen-bond acceptors (Lipinski definition) is 5. The van der Waals surface area contributed by atoms with Gasteiger partial charge < -0.3 is 15.4 Å². The highest BCUT2D eigenvalue weighted by Crippen LogP contribution is 2.27. The average Bonchev–Trinajstić information content (AvgIpc) is 2.82. The maximum Gasteiger partial charge on any atom is 0.339 e. The molecule has 0 spiro atoms. The van der Waals surface area contributed by atoms with Crippen molar-refractivity contribution in [3.63, 3.8) is 0 Å². The van der Waals surface area contributed by atoms with E-state index in [0.29, 0.717) is 27.9 Å². The third-order valence-electron chi connectivity index (χ3n) is 4.45. The average molecular weight is 413 g/mol. The molecular formula is C24H19N3O4. The van der Waals surface area contributed by atoms with Gasteiger partial charge in [-0.05, 0) is 35.9 Å². The summed E-state index contributed by atoms with van der Waals surface area (Å²) in [5.41, 5.74) is 2.63. The van der Waals surface area contributed by atoms with E-state index in [0.717, 1.165) is 0 Å². The lowest BCUT2D eigenvalue weighted by Gasteiger charge is -2.11. The number of nitrogens with one attached hydrogen (secondary N) is 2. The van der Waals surface area contributed by atoms with Crippen LogP contribution < -0.4 is 10.6 Å². The quantitative estimate of drug-likeness (QED) is 0.602. The second-order valence-electron chi connectivity index (χ2n) is 6.49. The van der Waals surface area contributed by atoms with E-state index >= 15 is 0 Å². The summed E-state index contributed by atoms with van der Waals surface area (Å²) in [6.45, 7) is -0.503. The fourth-order valence-electron chi connectivity index (χ4n) is 3.00. The molecule has 0 heterocycles. The fraction of sp³-hybridized carbons (Fsp3) is 0.0833. The van der Waals surface area contributed by atoms with Gasteiger partial charge in [0.15, 0.2) is 6.61 Å². The Hall–Kier alpha value is -4.44. The molecule has 7 nitrogen and oxygen atoms in total. The molecule has 31 heavy (non-hydrogen) atoms. The number of nitriles is 1. The smallest absolute Gasteiger partial charge is 0.339 e. The van der Waals surface area contributed by atoms with E-state index in [4.69, 9.17) is 4.74 Å². The van der Waals surface area contributed by atoms with Crippen molar-refractivity contribution in [1.82, 2.24) is 5.32 Å². The monoisotopic (exact) mass is 413 g/mol. The van der Waals surface area contributed by atoms with E-state index in [-0.39, 0.29) is 11.5 Å². The van der Waals surface area contributed by atoms with Crippen LogP contribution in [-0.4, -0.2) is 31.4 Å². The Morgan fingerprint density at radius 3 is 2.39 bits per heavy atom. The molecule has 0 saturated heterocycles. The number of esters is 1. The Morgan fingerprint density at radius 2 is 1.65 bits per heavy atom. The van der Waals surface area contributed by atoms with Crippen molar-refractivity contribution in [2.75, 3.05) is 19.0 Å². The summed E-state index contributed by atoms with van der Waals surface area (Å²) in [6, 6.07) is 22.2.